The largest absolute Gasteiger partial charge is 0.480 e. The van der Waals surface area contributed by atoms with Crippen LogP contribution in [0.15, 0.2) is 58.8 Å². The van der Waals surface area contributed by atoms with Crippen molar-refractivity contribution in [2.75, 3.05) is 12.0 Å². The van der Waals surface area contributed by atoms with Crippen molar-refractivity contribution < 1.29 is 23.9 Å². The quantitative estimate of drug-likeness (QED) is 0.569. The first kappa shape index (κ1) is 20.3. The fourth-order valence-corrected chi connectivity index (χ4v) is 2.66. The second-order valence-corrected chi connectivity index (χ2v) is 6.52. The fourth-order valence-electron chi connectivity index (χ4n) is 2.19. The van der Waals surface area contributed by atoms with Crippen molar-refractivity contribution in [1.82, 2.24) is 10.6 Å². The van der Waals surface area contributed by atoms with Crippen LogP contribution in [-0.4, -0.2) is 40.9 Å². The van der Waals surface area contributed by atoms with Crippen molar-refractivity contribution in [3.63, 3.8) is 0 Å². The zero-order valence-corrected chi connectivity index (χ0v) is 15.5. The van der Waals surface area contributed by atoms with E-state index in [1.54, 1.807) is 42.5 Å². The Bertz CT molecular complexity index is 803. The number of carbonyl (C=O) groups excluding carboxylic acids is 2. The molecule has 2 rings (SSSR count). The van der Waals surface area contributed by atoms with E-state index in [2.05, 4.69) is 10.6 Å². The van der Waals surface area contributed by atoms with Gasteiger partial charge in [0.25, 0.3) is 11.8 Å². The number of aliphatic carboxylic acids is 1. The summed E-state index contributed by atoms with van der Waals surface area (Å²) in [7, 11) is 0. The summed E-state index contributed by atoms with van der Waals surface area (Å²) in [6.45, 7) is 0. The summed E-state index contributed by atoms with van der Waals surface area (Å²) < 4.78 is 5.19. The van der Waals surface area contributed by atoms with E-state index in [0.29, 0.717) is 17.1 Å². The van der Waals surface area contributed by atoms with Gasteiger partial charge in [-0.1, -0.05) is 18.2 Å². The highest BCUT2D eigenvalue weighted by molar-refractivity contribution is 7.98. The van der Waals surface area contributed by atoms with Gasteiger partial charge in [0.05, 0.1) is 6.26 Å². The molecule has 0 saturated heterocycles. The first-order valence-corrected chi connectivity index (χ1v) is 9.55. The fraction of sp³-hybridized carbons (Fsp3) is 0.211. The van der Waals surface area contributed by atoms with Crippen LogP contribution in [0.1, 0.15) is 22.5 Å². The van der Waals surface area contributed by atoms with Gasteiger partial charge in [0, 0.05) is 11.6 Å². The molecule has 7 nitrogen and oxygen atoms in total. The number of amides is 2. The molecular weight excluding hydrogens is 368 g/mol. The predicted molar refractivity (Wildman–Crippen MR) is 103 cm³/mol. The van der Waals surface area contributed by atoms with Crippen LogP contribution in [0, 0.1) is 0 Å². The summed E-state index contributed by atoms with van der Waals surface area (Å²) >= 11 is 1.48. The average Bonchev–Trinajstić information content (AvgIpc) is 3.18. The van der Waals surface area contributed by atoms with Crippen molar-refractivity contribution >= 4 is 35.6 Å². The summed E-state index contributed by atoms with van der Waals surface area (Å²) in [5.41, 5.74) is 0.266. The Labute approximate surface area is 160 Å². The summed E-state index contributed by atoms with van der Waals surface area (Å²) in [4.78, 5) is 36.4. The molecule has 8 heteroatoms. The standard InChI is InChI=1S/C19H20N2O5S/c1-27-11-9-15(19(24)25)20-18(23)16(12-14-8-5-10-26-14)21-17(22)13-6-3-2-4-7-13/h2-8,10,12,15H,9,11H2,1H3,(H,20,23)(H,21,22)(H,24,25)/b16-12+/t15-/m0/s1. The maximum atomic E-state index is 12.6. The smallest absolute Gasteiger partial charge is 0.326 e. The van der Waals surface area contributed by atoms with E-state index in [9.17, 15) is 19.5 Å². The Balaban J connectivity index is 2.20. The third-order valence-corrected chi connectivity index (χ3v) is 4.22. The summed E-state index contributed by atoms with van der Waals surface area (Å²) in [5, 5.41) is 14.3. The number of nitrogens with one attached hydrogen (secondary N) is 2. The van der Waals surface area contributed by atoms with Gasteiger partial charge in [0.1, 0.15) is 17.5 Å². The van der Waals surface area contributed by atoms with Crippen LogP contribution in [0.4, 0.5) is 0 Å². The van der Waals surface area contributed by atoms with Crippen LogP contribution in [0.3, 0.4) is 0 Å². The summed E-state index contributed by atoms with van der Waals surface area (Å²) in [5.74, 6) is -1.40. The third kappa shape index (κ3) is 6.34. The van der Waals surface area contributed by atoms with Crippen molar-refractivity contribution in [3.8, 4) is 0 Å². The Morgan fingerprint density at radius 2 is 1.93 bits per heavy atom. The van der Waals surface area contributed by atoms with Crippen molar-refractivity contribution in [3.05, 3.63) is 65.7 Å². The molecule has 0 spiro atoms. The Morgan fingerprint density at radius 3 is 2.52 bits per heavy atom. The number of thioether (sulfide) groups is 1. The SMILES string of the molecule is CSCC[C@H](NC(=O)/C(=C\c1ccco1)NC(=O)c1ccccc1)C(=O)O. The van der Waals surface area contributed by atoms with Crippen LogP contribution in [0.2, 0.25) is 0 Å². The number of hydrogen-bond acceptors (Lipinski definition) is 5. The van der Waals surface area contributed by atoms with Crippen LogP contribution in [-0.2, 0) is 9.59 Å². The van der Waals surface area contributed by atoms with Gasteiger partial charge in [-0.2, -0.15) is 11.8 Å². The number of rotatable bonds is 9. The first-order chi connectivity index (χ1) is 13.0. The van der Waals surface area contributed by atoms with E-state index in [1.165, 1.54) is 24.1 Å². The van der Waals surface area contributed by atoms with E-state index >= 15 is 0 Å². The van der Waals surface area contributed by atoms with Gasteiger partial charge in [-0.3, -0.25) is 9.59 Å². The topological polar surface area (TPSA) is 109 Å². The highest BCUT2D eigenvalue weighted by Crippen LogP contribution is 2.09. The van der Waals surface area contributed by atoms with E-state index in [4.69, 9.17) is 4.42 Å². The zero-order chi connectivity index (χ0) is 19.6. The number of carbonyl (C=O) groups is 3. The maximum absolute atomic E-state index is 12.6. The average molecular weight is 388 g/mol. The molecule has 142 valence electrons. The van der Waals surface area contributed by atoms with Gasteiger partial charge < -0.3 is 20.2 Å². The van der Waals surface area contributed by atoms with E-state index < -0.39 is 23.8 Å². The van der Waals surface area contributed by atoms with Crippen LogP contribution >= 0.6 is 11.8 Å². The number of furan rings is 1. The summed E-state index contributed by atoms with van der Waals surface area (Å²) in [6.07, 6.45) is 4.90. The van der Waals surface area contributed by atoms with Gasteiger partial charge in [-0.05, 0) is 42.7 Å². The molecule has 0 unspecified atom stereocenters. The molecule has 0 saturated carbocycles. The lowest BCUT2D eigenvalue weighted by Crippen LogP contribution is -2.44. The number of carboxylic acid groups (broad SMARTS) is 1. The molecule has 1 atom stereocenters. The second kappa shape index (κ2) is 10.2. The van der Waals surface area contributed by atoms with Crippen LogP contribution < -0.4 is 10.6 Å². The lowest BCUT2D eigenvalue weighted by molar-refractivity contribution is -0.141. The molecule has 0 fully saturated rings. The third-order valence-electron chi connectivity index (χ3n) is 3.57. The summed E-state index contributed by atoms with van der Waals surface area (Å²) in [6, 6.07) is 10.6. The Kier molecular flexibility index (Phi) is 7.69. The molecule has 0 aliphatic rings. The molecule has 0 aliphatic heterocycles. The van der Waals surface area contributed by atoms with E-state index in [1.807, 2.05) is 6.26 Å². The molecular formula is C19H20N2O5S. The highest BCUT2D eigenvalue weighted by Gasteiger charge is 2.23. The predicted octanol–water partition coefficient (Wildman–Crippen LogP) is 2.37. The van der Waals surface area contributed by atoms with Crippen LogP contribution in [0.25, 0.3) is 6.08 Å². The minimum atomic E-state index is -1.14. The number of hydrogen-bond donors (Lipinski definition) is 3. The Hall–Kier alpha value is -3.00. The molecule has 1 heterocycles. The molecule has 3 N–H and O–H groups in total. The molecule has 27 heavy (non-hydrogen) atoms. The normalized spacial score (nSPS) is 12.3. The molecule has 0 aliphatic carbocycles. The molecule has 0 bridgehead atoms. The second-order valence-electron chi connectivity index (χ2n) is 5.54. The van der Waals surface area contributed by atoms with E-state index in [0.717, 1.165) is 0 Å². The molecule has 1 aromatic carbocycles. The molecule has 2 amide bonds. The van der Waals surface area contributed by atoms with Gasteiger partial charge in [-0.25, -0.2) is 4.79 Å². The van der Waals surface area contributed by atoms with Gasteiger partial charge in [0.2, 0.25) is 0 Å². The van der Waals surface area contributed by atoms with Crippen LogP contribution in [0.5, 0.6) is 0 Å². The number of benzene rings is 1. The lowest BCUT2D eigenvalue weighted by Gasteiger charge is -2.16. The maximum Gasteiger partial charge on any atom is 0.326 e. The first-order valence-electron chi connectivity index (χ1n) is 8.15. The number of carboxylic acids is 1. The molecule has 2 aromatic rings. The molecule has 1 aromatic heterocycles. The van der Waals surface area contributed by atoms with Gasteiger partial charge >= 0.3 is 5.97 Å². The minimum absolute atomic E-state index is 0.103. The van der Waals surface area contributed by atoms with Crippen molar-refractivity contribution in [1.29, 1.82) is 0 Å². The zero-order valence-electron chi connectivity index (χ0n) is 14.7. The van der Waals surface area contributed by atoms with Crippen molar-refractivity contribution in [2.24, 2.45) is 0 Å². The monoisotopic (exact) mass is 388 g/mol. The van der Waals surface area contributed by atoms with Crippen molar-refractivity contribution in [2.45, 2.75) is 12.5 Å². The van der Waals surface area contributed by atoms with E-state index in [-0.39, 0.29) is 12.1 Å². The van der Waals surface area contributed by atoms with Gasteiger partial charge in [-0.15, -0.1) is 0 Å². The van der Waals surface area contributed by atoms with Gasteiger partial charge in [0.15, 0.2) is 0 Å². The Morgan fingerprint density at radius 1 is 1.19 bits per heavy atom. The highest BCUT2D eigenvalue weighted by atomic mass is 32.2. The minimum Gasteiger partial charge on any atom is -0.480 e. The lowest BCUT2D eigenvalue weighted by atomic mass is 10.2. The molecule has 0 radical (unpaired) electrons.